The van der Waals surface area contributed by atoms with Crippen LogP contribution in [-0.4, -0.2) is 5.11 Å². The Labute approximate surface area is 77.9 Å². The van der Waals surface area contributed by atoms with Gasteiger partial charge in [0.1, 0.15) is 6.26 Å². The van der Waals surface area contributed by atoms with Gasteiger partial charge in [-0.2, -0.15) is 0 Å². The Morgan fingerprint density at radius 2 is 2.17 bits per heavy atom. The van der Waals surface area contributed by atoms with Crippen LogP contribution in [0.1, 0.15) is 5.56 Å². The number of hydrogen-bond donors (Lipinski definition) is 1. The number of aryl methyl sites for hydroxylation is 1. The van der Waals surface area contributed by atoms with Gasteiger partial charge >= 0.3 is 0 Å². The van der Waals surface area contributed by atoms with Crippen LogP contribution in [0.3, 0.4) is 0 Å². The molecule has 0 aliphatic heterocycles. The van der Waals surface area contributed by atoms with E-state index in [1.807, 2.05) is 19.1 Å². The molecule has 0 aliphatic carbocycles. The second kappa shape index (κ2) is 2.52. The zero-order chi connectivity index (χ0) is 8.72. The van der Waals surface area contributed by atoms with Crippen molar-refractivity contribution in [2.75, 3.05) is 0 Å². The van der Waals surface area contributed by atoms with Crippen molar-refractivity contribution in [3.63, 3.8) is 0 Å². The molecule has 2 nitrogen and oxygen atoms in total. The van der Waals surface area contributed by atoms with Crippen LogP contribution in [-0.2, 0) is 0 Å². The third kappa shape index (κ3) is 1.01. The maximum atomic E-state index is 9.35. The summed E-state index contributed by atoms with van der Waals surface area (Å²) in [5.41, 5.74) is 1.78. The highest BCUT2D eigenvalue weighted by molar-refractivity contribution is 9.10. The van der Waals surface area contributed by atoms with Crippen LogP contribution in [0.15, 0.2) is 27.3 Å². The molecule has 12 heavy (non-hydrogen) atoms. The van der Waals surface area contributed by atoms with Crippen molar-refractivity contribution in [3.8, 4) is 5.75 Å². The highest BCUT2D eigenvalue weighted by Gasteiger charge is 2.07. The van der Waals surface area contributed by atoms with Crippen LogP contribution in [0.25, 0.3) is 11.0 Å². The zero-order valence-corrected chi connectivity index (χ0v) is 8.05. The van der Waals surface area contributed by atoms with E-state index in [4.69, 9.17) is 4.42 Å². The predicted molar refractivity (Wildman–Crippen MR) is 50.3 cm³/mol. The zero-order valence-electron chi connectivity index (χ0n) is 6.47. The first-order valence-electron chi connectivity index (χ1n) is 3.55. The van der Waals surface area contributed by atoms with Crippen molar-refractivity contribution in [2.24, 2.45) is 0 Å². The molecule has 2 rings (SSSR count). The summed E-state index contributed by atoms with van der Waals surface area (Å²) in [4.78, 5) is 0. The van der Waals surface area contributed by atoms with Crippen LogP contribution in [0.4, 0.5) is 0 Å². The van der Waals surface area contributed by atoms with Gasteiger partial charge in [-0.25, -0.2) is 0 Å². The van der Waals surface area contributed by atoms with Gasteiger partial charge in [0, 0.05) is 0 Å². The molecule has 1 aromatic heterocycles. The third-order valence-corrected chi connectivity index (χ3v) is 2.34. The van der Waals surface area contributed by atoms with Gasteiger partial charge in [-0.15, -0.1) is 0 Å². The van der Waals surface area contributed by atoms with Crippen molar-refractivity contribution in [1.29, 1.82) is 0 Å². The van der Waals surface area contributed by atoms with Gasteiger partial charge in [-0.3, -0.25) is 0 Å². The van der Waals surface area contributed by atoms with E-state index < -0.39 is 0 Å². The number of fused-ring (bicyclic) bond motifs is 1. The molecule has 0 saturated carbocycles. The highest BCUT2D eigenvalue weighted by Crippen LogP contribution is 2.32. The summed E-state index contributed by atoms with van der Waals surface area (Å²) >= 11 is 3.36. The van der Waals surface area contributed by atoms with E-state index in [9.17, 15) is 5.11 Å². The predicted octanol–water partition coefficient (Wildman–Crippen LogP) is 3.21. The van der Waals surface area contributed by atoms with Crippen molar-refractivity contribution in [1.82, 2.24) is 0 Å². The molecule has 0 bridgehead atoms. The molecule has 0 saturated heterocycles. The van der Waals surface area contributed by atoms with Crippen LogP contribution in [0.2, 0.25) is 0 Å². The molecular formula is C9H7BrO2. The Bertz CT molecular complexity index is 431. The fourth-order valence-corrected chi connectivity index (χ4v) is 1.89. The van der Waals surface area contributed by atoms with E-state index in [1.165, 1.54) is 6.26 Å². The summed E-state index contributed by atoms with van der Waals surface area (Å²) in [5, 5.41) is 10.1. The van der Waals surface area contributed by atoms with Gasteiger partial charge in [0.15, 0.2) is 11.3 Å². The van der Waals surface area contributed by atoms with E-state index in [2.05, 4.69) is 15.9 Å². The fraction of sp³-hybridized carbons (Fsp3) is 0.111. The van der Waals surface area contributed by atoms with Gasteiger partial charge in [-0.05, 0) is 40.5 Å². The number of furan rings is 1. The lowest BCUT2D eigenvalue weighted by molar-refractivity contribution is 0.464. The molecule has 1 N–H and O–H groups in total. The average Bonchev–Trinajstić information content (AvgIpc) is 2.33. The first-order chi connectivity index (χ1) is 5.68. The highest BCUT2D eigenvalue weighted by atomic mass is 79.9. The first kappa shape index (κ1) is 7.68. The van der Waals surface area contributed by atoms with Gasteiger partial charge in [0.2, 0.25) is 0 Å². The first-order valence-corrected chi connectivity index (χ1v) is 4.34. The number of rotatable bonds is 0. The summed E-state index contributed by atoms with van der Waals surface area (Å²) < 4.78 is 6.01. The van der Waals surface area contributed by atoms with Crippen molar-refractivity contribution >= 4 is 26.9 Å². The lowest BCUT2D eigenvalue weighted by Gasteiger charge is -1.95. The monoisotopic (exact) mass is 226 g/mol. The number of hydrogen-bond acceptors (Lipinski definition) is 2. The SMILES string of the molecule is Cc1cc(Br)c2occ(O)c2c1. The molecule has 62 valence electrons. The fourth-order valence-electron chi connectivity index (χ4n) is 1.22. The van der Waals surface area contributed by atoms with Crippen LogP contribution in [0, 0.1) is 6.92 Å². The van der Waals surface area contributed by atoms with Crippen molar-refractivity contribution in [2.45, 2.75) is 6.92 Å². The number of benzene rings is 1. The molecule has 1 heterocycles. The molecule has 0 fully saturated rings. The summed E-state index contributed by atoms with van der Waals surface area (Å²) in [7, 11) is 0. The minimum Gasteiger partial charge on any atom is -0.504 e. The lowest BCUT2D eigenvalue weighted by Crippen LogP contribution is -1.73. The maximum Gasteiger partial charge on any atom is 0.161 e. The van der Waals surface area contributed by atoms with Gasteiger partial charge in [-0.1, -0.05) is 0 Å². The Hall–Kier alpha value is -0.960. The molecular weight excluding hydrogens is 220 g/mol. The molecule has 2 aromatic rings. The molecule has 0 aliphatic rings. The summed E-state index contributed by atoms with van der Waals surface area (Å²) in [5.74, 6) is 0.189. The smallest absolute Gasteiger partial charge is 0.161 e. The van der Waals surface area contributed by atoms with Crippen molar-refractivity contribution in [3.05, 3.63) is 28.4 Å². The Kier molecular flexibility index (Phi) is 1.61. The van der Waals surface area contributed by atoms with Crippen LogP contribution >= 0.6 is 15.9 Å². The normalized spacial score (nSPS) is 10.8. The standard InChI is InChI=1S/C9H7BrO2/c1-5-2-6-8(11)4-12-9(6)7(10)3-5/h2-4,11H,1H3. The van der Waals surface area contributed by atoms with Crippen molar-refractivity contribution < 1.29 is 9.52 Å². The molecule has 0 unspecified atom stereocenters. The molecule has 0 spiro atoms. The minimum atomic E-state index is 0.189. The quantitative estimate of drug-likeness (QED) is 0.749. The molecule has 3 heteroatoms. The van der Waals surface area contributed by atoms with E-state index >= 15 is 0 Å². The molecule has 0 radical (unpaired) electrons. The average molecular weight is 227 g/mol. The second-order valence-corrected chi connectivity index (χ2v) is 3.60. The summed E-state index contributed by atoms with van der Waals surface area (Å²) in [6.07, 6.45) is 1.34. The molecule has 0 atom stereocenters. The largest absolute Gasteiger partial charge is 0.504 e. The lowest BCUT2D eigenvalue weighted by atomic mass is 10.2. The van der Waals surface area contributed by atoms with Gasteiger partial charge in [0.25, 0.3) is 0 Å². The van der Waals surface area contributed by atoms with Gasteiger partial charge < -0.3 is 9.52 Å². The van der Waals surface area contributed by atoms with Crippen LogP contribution < -0.4 is 0 Å². The van der Waals surface area contributed by atoms with E-state index in [0.717, 1.165) is 15.4 Å². The van der Waals surface area contributed by atoms with E-state index in [-0.39, 0.29) is 5.75 Å². The Morgan fingerprint density at radius 1 is 1.42 bits per heavy atom. The Morgan fingerprint density at radius 3 is 2.92 bits per heavy atom. The topological polar surface area (TPSA) is 33.4 Å². The Balaban J connectivity index is 2.92. The molecule has 1 aromatic carbocycles. The summed E-state index contributed by atoms with van der Waals surface area (Å²) in [6.45, 7) is 1.97. The maximum absolute atomic E-state index is 9.35. The number of aromatic hydroxyl groups is 1. The molecule has 0 amide bonds. The third-order valence-electron chi connectivity index (χ3n) is 1.75. The van der Waals surface area contributed by atoms with E-state index in [1.54, 1.807) is 0 Å². The van der Waals surface area contributed by atoms with Crippen LogP contribution in [0.5, 0.6) is 5.75 Å². The second-order valence-electron chi connectivity index (χ2n) is 2.74. The number of halogens is 1. The van der Waals surface area contributed by atoms with E-state index in [0.29, 0.717) is 5.58 Å². The summed E-state index contributed by atoms with van der Waals surface area (Å²) in [6, 6.07) is 3.84. The minimum absolute atomic E-state index is 0.189. The van der Waals surface area contributed by atoms with Gasteiger partial charge in [0.05, 0.1) is 9.86 Å².